The van der Waals surface area contributed by atoms with Crippen LogP contribution in [0, 0.1) is 0 Å². The quantitative estimate of drug-likeness (QED) is 0.284. The average Bonchev–Trinajstić information content (AvgIpc) is 3.19. The summed E-state index contributed by atoms with van der Waals surface area (Å²) in [4.78, 5) is 11.7. The van der Waals surface area contributed by atoms with Crippen LogP contribution in [0.5, 0.6) is 0 Å². The average molecular weight is 372 g/mol. The van der Waals surface area contributed by atoms with Gasteiger partial charge in [0.1, 0.15) is 6.54 Å². The lowest BCUT2D eigenvalue weighted by Crippen LogP contribution is -2.64. The first-order chi connectivity index (χ1) is 10.6. The molecule has 1 amide bonds. The molecule has 1 rings (SSSR count). The van der Waals surface area contributed by atoms with Gasteiger partial charge in [0.2, 0.25) is 6.04 Å². The third kappa shape index (κ3) is 2.80. The van der Waals surface area contributed by atoms with Crippen molar-refractivity contribution in [2.45, 2.75) is 49.8 Å². The van der Waals surface area contributed by atoms with Crippen LogP contribution in [0.3, 0.4) is 0 Å². The third-order valence-electron chi connectivity index (χ3n) is 4.07. The SMILES string of the molecule is C=CC(=O)[N+]1(CCCC)CC1C(F)(F)C(F)(F)C(F)(F)C(F)(F)F. The maximum Gasteiger partial charge on any atom is 0.460 e. The molecule has 1 aliphatic rings. The van der Waals surface area contributed by atoms with E-state index in [1.807, 2.05) is 0 Å². The van der Waals surface area contributed by atoms with Gasteiger partial charge in [-0.15, -0.1) is 0 Å². The van der Waals surface area contributed by atoms with E-state index in [0.717, 1.165) is 0 Å². The van der Waals surface area contributed by atoms with Gasteiger partial charge in [0.05, 0.1) is 6.54 Å². The highest BCUT2D eigenvalue weighted by Crippen LogP contribution is 2.58. The molecule has 1 heterocycles. The van der Waals surface area contributed by atoms with E-state index in [-0.39, 0.29) is 13.0 Å². The van der Waals surface area contributed by atoms with Crippen LogP contribution >= 0.6 is 0 Å². The second-order valence-corrected chi connectivity index (χ2v) is 5.62. The molecule has 0 spiro atoms. The van der Waals surface area contributed by atoms with Crippen molar-refractivity contribution in [3.05, 3.63) is 12.7 Å². The van der Waals surface area contributed by atoms with Gasteiger partial charge in [-0.3, -0.25) is 0 Å². The smallest absolute Gasteiger partial charge is 0.239 e. The third-order valence-corrected chi connectivity index (χ3v) is 4.07. The first kappa shape index (κ1) is 20.8. The van der Waals surface area contributed by atoms with Crippen molar-refractivity contribution in [1.29, 1.82) is 0 Å². The molecule has 0 saturated carbocycles. The van der Waals surface area contributed by atoms with Gasteiger partial charge in [-0.05, 0) is 6.42 Å². The summed E-state index contributed by atoms with van der Waals surface area (Å²) in [6, 6.07) is -2.67. The monoisotopic (exact) mass is 372 g/mol. The fourth-order valence-corrected chi connectivity index (χ4v) is 2.51. The highest BCUT2D eigenvalue weighted by molar-refractivity contribution is 5.82. The molecule has 140 valence electrons. The molecule has 1 fully saturated rings. The van der Waals surface area contributed by atoms with Gasteiger partial charge >= 0.3 is 29.9 Å². The lowest BCUT2D eigenvalue weighted by molar-refractivity contribution is -0.742. The van der Waals surface area contributed by atoms with E-state index in [1.54, 1.807) is 6.92 Å². The van der Waals surface area contributed by atoms with Crippen LogP contribution in [0.1, 0.15) is 19.8 Å². The van der Waals surface area contributed by atoms with E-state index < -0.39 is 46.9 Å². The lowest BCUT2D eigenvalue weighted by Gasteiger charge is -2.33. The molecule has 0 aromatic rings. The number of amides is 1. The number of carbonyl (C=O) groups is 1. The summed E-state index contributed by atoms with van der Waals surface area (Å²) in [7, 11) is 0. The molecule has 2 unspecified atom stereocenters. The Kier molecular flexibility index (Phi) is 5.13. The highest BCUT2D eigenvalue weighted by atomic mass is 19.4. The summed E-state index contributed by atoms with van der Waals surface area (Å²) in [5.74, 6) is -20.5. The topological polar surface area (TPSA) is 17.1 Å². The molecule has 0 aromatic heterocycles. The van der Waals surface area contributed by atoms with Crippen molar-refractivity contribution in [2.75, 3.05) is 13.1 Å². The van der Waals surface area contributed by atoms with Crippen molar-refractivity contribution in [2.24, 2.45) is 0 Å². The van der Waals surface area contributed by atoms with Crippen LogP contribution in [0.15, 0.2) is 12.7 Å². The predicted octanol–water partition coefficient (Wildman–Crippen LogP) is 4.17. The second kappa shape index (κ2) is 5.92. The molecular formula is C13H15F9NO+. The zero-order chi connectivity index (χ0) is 19.2. The fraction of sp³-hybridized carbons (Fsp3) is 0.769. The molecule has 1 saturated heterocycles. The van der Waals surface area contributed by atoms with E-state index in [0.29, 0.717) is 12.5 Å². The standard InChI is InChI=1S/C13H15F9NO/c1-3-5-6-23(9(24)4-2)7-8(23)10(14,15)11(16,17)12(18,19)13(20,21)22/h4,8H,2-3,5-7H2,1H3/q+1. The lowest BCUT2D eigenvalue weighted by atomic mass is 10.0. The van der Waals surface area contributed by atoms with Gasteiger partial charge in [0.25, 0.3) is 0 Å². The van der Waals surface area contributed by atoms with Gasteiger partial charge in [0.15, 0.2) is 0 Å². The maximum atomic E-state index is 13.9. The minimum Gasteiger partial charge on any atom is -0.239 e. The Morgan fingerprint density at radius 2 is 1.58 bits per heavy atom. The second-order valence-electron chi connectivity index (χ2n) is 5.62. The number of hydrogen-bond acceptors (Lipinski definition) is 1. The van der Waals surface area contributed by atoms with Crippen molar-refractivity contribution in [3.8, 4) is 0 Å². The molecule has 2 atom stereocenters. The number of halogens is 9. The van der Waals surface area contributed by atoms with Gasteiger partial charge in [-0.25, -0.2) is 9.28 Å². The summed E-state index contributed by atoms with van der Waals surface area (Å²) in [6.07, 6.45) is -5.81. The predicted molar refractivity (Wildman–Crippen MR) is 64.8 cm³/mol. The molecule has 1 aliphatic heterocycles. The van der Waals surface area contributed by atoms with Gasteiger partial charge < -0.3 is 0 Å². The minimum atomic E-state index is -6.94. The molecule has 0 radical (unpaired) electrons. The fourth-order valence-electron chi connectivity index (χ4n) is 2.51. The zero-order valence-electron chi connectivity index (χ0n) is 12.4. The van der Waals surface area contributed by atoms with Gasteiger partial charge in [0, 0.05) is 6.08 Å². The summed E-state index contributed by atoms with van der Waals surface area (Å²) in [5.41, 5.74) is 0. The number of quaternary nitrogens is 1. The number of hydrogen-bond donors (Lipinski definition) is 0. The van der Waals surface area contributed by atoms with Gasteiger partial charge in [-0.1, -0.05) is 19.9 Å². The summed E-state index contributed by atoms with van der Waals surface area (Å²) in [6.45, 7) is 3.27. The number of rotatable bonds is 7. The molecule has 24 heavy (non-hydrogen) atoms. The van der Waals surface area contributed by atoms with Crippen molar-refractivity contribution < 1.29 is 48.8 Å². The number of nitrogens with zero attached hydrogens (tertiary/aromatic N) is 1. The number of carbonyl (C=O) groups excluding carboxylic acids is 1. The van der Waals surface area contributed by atoms with Gasteiger partial charge in [-0.2, -0.15) is 39.5 Å². The Hall–Kier alpha value is -1.26. The van der Waals surface area contributed by atoms with Crippen molar-refractivity contribution in [1.82, 2.24) is 0 Å². The first-order valence-electron chi connectivity index (χ1n) is 6.87. The van der Waals surface area contributed by atoms with E-state index >= 15 is 0 Å². The minimum absolute atomic E-state index is 0.118. The van der Waals surface area contributed by atoms with E-state index in [9.17, 15) is 44.3 Å². The first-order valence-corrected chi connectivity index (χ1v) is 6.87. The van der Waals surface area contributed by atoms with Crippen molar-refractivity contribution in [3.63, 3.8) is 0 Å². The normalized spacial score (nSPS) is 25.5. The van der Waals surface area contributed by atoms with Crippen LogP contribution in [0.2, 0.25) is 0 Å². The summed E-state index contributed by atoms with van der Waals surface area (Å²) in [5, 5.41) is 0. The van der Waals surface area contributed by atoms with E-state index in [2.05, 4.69) is 6.58 Å². The molecule has 2 nitrogen and oxygen atoms in total. The molecule has 0 aliphatic carbocycles. The van der Waals surface area contributed by atoms with Crippen LogP contribution in [0.25, 0.3) is 0 Å². The Labute approximate surface area is 131 Å². The Bertz CT molecular complexity index is 514. The zero-order valence-corrected chi connectivity index (χ0v) is 12.4. The summed E-state index contributed by atoms with van der Waals surface area (Å²) < 4.78 is 116. The summed E-state index contributed by atoms with van der Waals surface area (Å²) >= 11 is 0. The molecular weight excluding hydrogens is 357 g/mol. The Morgan fingerprint density at radius 3 is 1.96 bits per heavy atom. The molecule has 0 bridgehead atoms. The van der Waals surface area contributed by atoms with Crippen LogP contribution in [-0.4, -0.2) is 53.5 Å². The van der Waals surface area contributed by atoms with E-state index in [1.165, 1.54) is 0 Å². The highest BCUT2D eigenvalue weighted by Gasteiger charge is 2.89. The van der Waals surface area contributed by atoms with E-state index in [4.69, 9.17) is 0 Å². The Balaban J connectivity index is 3.25. The van der Waals surface area contributed by atoms with Crippen LogP contribution in [0.4, 0.5) is 39.5 Å². The van der Waals surface area contributed by atoms with Crippen LogP contribution < -0.4 is 0 Å². The molecule has 11 heteroatoms. The molecule has 0 aromatic carbocycles. The van der Waals surface area contributed by atoms with Crippen LogP contribution in [-0.2, 0) is 4.79 Å². The maximum absolute atomic E-state index is 13.9. The van der Waals surface area contributed by atoms with Crippen molar-refractivity contribution >= 4 is 5.91 Å². The molecule has 0 N–H and O–H groups in total. The number of alkyl halides is 9. The largest absolute Gasteiger partial charge is 0.460 e. The Morgan fingerprint density at radius 1 is 1.08 bits per heavy atom. The number of unbranched alkanes of at least 4 members (excludes halogenated alkanes) is 1.